The predicted molar refractivity (Wildman–Crippen MR) is 84.2 cm³/mol. The maximum atomic E-state index is 12.2. The molecule has 1 fully saturated rings. The van der Waals surface area contributed by atoms with Crippen LogP contribution in [0.2, 0.25) is 5.15 Å². The van der Waals surface area contributed by atoms with Gasteiger partial charge in [0.15, 0.2) is 0 Å². The normalized spacial score (nSPS) is 16.7. The van der Waals surface area contributed by atoms with Gasteiger partial charge in [0.1, 0.15) is 11.0 Å². The summed E-state index contributed by atoms with van der Waals surface area (Å²) in [6.45, 7) is 6.20. The van der Waals surface area contributed by atoms with E-state index in [1.807, 2.05) is 0 Å². The molecule has 1 saturated heterocycles. The number of likely N-dealkylation sites (tertiary alicyclic amines) is 1. The fourth-order valence-electron chi connectivity index (χ4n) is 2.55. The summed E-state index contributed by atoms with van der Waals surface area (Å²) in [5, 5.41) is 3.21. The zero-order valence-corrected chi connectivity index (χ0v) is 13.0. The number of amides is 1. The number of anilines is 1. The zero-order valence-electron chi connectivity index (χ0n) is 12.2. The van der Waals surface area contributed by atoms with Crippen LogP contribution in [0, 0.1) is 5.92 Å². The number of hydrogen-bond acceptors (Lipinski definition) is 5. The molecule has 4 N–H and O–H groups in total. The van der Waals surface area contributed by atoms with E-state index in [4.69, 9.17) is 17.4 Å². The van der Waals surface area contributed by atoms with Gasteiger partial charge in [-0.15, -0.1) is 0 Å². The van der Waals surface area contributed by atoms with Gasteiger partial charge in [0.2, 0.25) is 0 Å². The first kappa shape index (κ1) is 16.0. The van der Waals surface area contributed by atoms with Gasteiger partial charge in [-0.25, -0.2) is 10.8 Å². The van der Waals surface area contributed by atoms with Crippen molar-refractivity contribution in [2.45, 2.75) is 19.8 Å². The summed E-state index contributed by atoms with van der Waals surface area (Å²) >= 11 is 5.86. The second-order valence-corrected chi connectivity index (χ2v) is 5.68. The molecule has 1 amide bonds. The van der Waals surface area contributed by atoms with E-state index in [1.165, 1.54) is 6.07 Å². The zero-order chi connectivity index (χ0) is 15.2. The molecule has 0 atom stereocenters. The molecule has 2 heterocycles. The highest BCUT2D eigenvalue weighted by Gasteiger charge is 2.19. The van der Waals surface area contributed by atoms with Crippen molar-refractivity contribution in [3.63, 3.8) is 0 Å². The fraction of sp³-hybridized carbons (Fsp3) is 0.571. The summed E-state index contributed by atoms with van der Waals surface area (Å²) in [5.74, 6) is 6.07. The molecule has 21 heavy (non-hydrogen) atoms. The van der Waals surface area contributed by atoms with Crippen molar-refractivity contribution in [3.8, 4) is 0 Å². The lowest BCUT2D eigenvalue weighted by Crippen LogP contribution is -2.38. The van der Waals surface area contributed by atoms with Gasteiger partial charge >= 0.3 is 0 Å². The van der Waals surface area contributed by atoms with Crippen LogP contribution in [0.15, 0.2) is 12.1 Å². The molecule has 1 aromatic heterocycles. The fourth-order valence-corrected chi connectivity index (χ4v) is 2.76. The number of hydrazine groups is 1. The molecule has 2 rings (SSSR count). The van der Waals surface area contributed by atoms with Gasteiger partial charge in [-0.05, 0) is 50.5 Å². The van der Waals surface area contributed by atoms with Crippen molar-refractivity contribution in [2.24, 2.45) is 11.8 Å². The van der Waals surface area contributed by atoms with Crippen LogP contribution in [0.4, 0.5) is 5.82 Å². The highest BCUT2D eigenvalue weighted by molar-refractivity contribution is 6.29. The van der Waals surface area contributed by atoms with E-state index < -0.39 is 0 Å². The highest BCUT2D eigenvalue weighted by atomic mass is 35.5. The number of carbonyl (C=O) groups is 1. The number of nitrogens with two attached hydrogens (primary N) is 1. The molecule has 116 valence electrons. The number of halogens is 1. The number of rotatable bonds is 5. The molecule has 1 aliphatic heterocycles. The van der Waals surface area contributed by atoms with Crippen LogP contribution in [0.3, 0.4) is 0 Å². The Hall–Kier alpha value is -1.37. The monoisotopic (exact) mass is 311 g/mol. The number of carbonyl (C=O) groups excluding carboxylic acids is 1. The number of pyridine rings is 1. The first-order valence-corrected chi connectivity index (χ1v) is 7.65. The lowest BCUT2D eigenvalue weighted by molar-refractivity contribution is 0.0937. The third kappa shape index (κ3) is 4.56. The lowest BCUT2D eigenvalue weighted by Gasteiger charge is -2.31. The van der Waals surface area contributed by atoms with Crippen LogP contribution < -0.4 is 16.6 Å². The first-order valence-electron chi connectivity index (χ1n) is 7.27. The molecule has 0 radical (unpaired) electrons. The van der Waals surface area contributed by atoms with Crippen molar-refractivity contribution in [1.82, 2.24) is 15.2 Å². The van der Waals surface area contributed by atoms with Gasteiger partial charge in [-0.3, -0.25) is 4.79 Å². The van der Waals surface area contributed by atoms with E-state index in [0.29, 0.717) is 23.8 Å². The van der Waals surface area contributed by atoms with Crippen LogP contribution in [0.1, 0.15) is 30.1 Å². The molecule has 6 nitrogen and oxygen atoms in total. The van der Waals surface area contributed by atoms with E-state index >= 15 is 0 Å². The lowest BCUT2D eigenvalue weighted by atomic mass is 9.97. The van der Waals surface area contributed by atoms with Gasteiger partial charge in [0.05, 0.1) is 0 Å². The molecular weight excluding hydrogens is 290 g/mol. The number of hydrogen-bond donors (Lipinski definition) is 3. The van der Waals surface area contributed by atoms with Crippen LogP contribution in [0.25, 0.3) is 0 Å². The Morgan fingerprint density at radius 3 is 2.81 bits per heavy atom. The largest absolute Gasteiger partial charge is 0.352 e. The Labute approximate surface area is 130 Å². The summed E-state index contributed by atoms with van der Waals surface area (Å²) in [6, 6.07) is 3.12. The summed E-state index contributed by atoms with van der Waals surface area (Å²) < 4.78 is 0. The Kier molecular flexibility index (Phi) is 5.78. The van der Waals surface area contributed by atoms with Crippen LogP contribution in [-0.4, -0.2) is 42.0 Å². The molecule has 7 heteroatoms. The molecular formula is C14H22ClN5O. The molecule has 0 spiro atoms. The maximum absolute atomic E-state index is 12.2. The van der Waals surface area contributed by atoms with E-state index in [2.05, 4.69) is 27.6 Å². The second-order valence-electron chi connectivity index (χ2n) is 5.30. The molecule has 0 aromatic carbocycles. The molecule has 1 aromatic rings. The second kappa shape index (κ2) is 7.59. The van der Waals surface area contributed by atoms with Crippen molar-refractivity contribution < 1.29 is 4.79 Å². The summed E-state index contributed by atoms with van der Waals surface area (Å²) in [7, 11) is 0. The average Bonchev–Trinajstić information content (AvgIpc) is 2.52. The van der Waals surface area contributed by atoms with Crippen molar-refractivity contribution in [3.05, 3.63) is 22.8 Å². The predicted octanol–water partition coefficient (Wildman–Crippen LogP) is 1.48. The van der Waals surface area contributed by atoms with Gasteiger partial charge in [-0.1, -0.05) is 18.5 Å². The van der Waals surface area contributed by atoms with Gasteiger partial charge in [0, 0.05) is 12.1 Å². The van der Waals surface area contributed by atoms with E-state index in [9.17, 15) is 4.79 Å². The van der Waals surface area contributed by atoms with Crippen LogP contribution in [-0.2, 0) is 0 Å². The smallest absolute Gasteiger partial charge is 0.251 e. The Morgan fingerprint density at radius 2 is 2.19 bits per heavy atom. The molecule has 0 saturated carbocycles. The van der Waals surface area contributed by atoms with Crippen molar-refractivity contribution in [1.29, 1.82) is 0 Å². The van der Waals surface area contributed by atoms with Gasteiger partial charge in [-0.2, -0.15) is 0 Å². The van der Waals surface area contributed by atoms with E-state index in [1.54, 1.807) is 6.07 Å². The van der Waals surface area contributed by atoms with E-state index in [-0.39, 0.29) is 11.1 Å². The summed E-state index contributed by atoms with van der Waals surface area (Å²) in [6.07, 6.45) is 2.25. The third-order valence-electron chi connectivity index (χ3n) is 3.91. The third-order valence-corrected chi connectivity index (χ3v) is 4.10. The SMILES string of the molecule is CCN1CCC(CNC(=O)c2cc(Cl)nc(NN)c2)CC1. The Balaban J connectivity index is 1.86. The maximum Gasteiger partial charge on any atom is 0.251 e. The number of piperidine rings is 1. The topological polar surface area (TPSA) is 83.3 Å². The first-order chi connectivity index (χ1) is 10.1. The van der Waals surface area contributed by atoms with Crippen LogP contribution in [0.5, 0.6) is 0 Å². The average molecular weight is 312 g/mol. The van der Waals surface area contributed by atoms with E-state index in [0.717, 1.165) is 32.5 Å². The number of nitrogens with one attached hydrogen (secondary N) is 2. The van der Waals surface area contributed by atoms with Gasteiger partial charge < -0.3 is 15.6 Å². The number of nitrogen functional groups attached to an aromatic ring is 1. The standard InChI is InChI=1S/C14H22ClN5O/c1-2-20-5-3-10(4-6-20)9-17-14(21)11-7-12(15)18-13(8-11)19-16/h7-8,10H,2-6,9,16H2,1H3,(H,17,21)(H,18,19). The van der Waals surface area contributed by atoms with Gasteiger partial charge in [0.25, 0.3) is 5.91 Å². The number of nitrogens with zero attached hydrogens (tertiary/aromatic N) is 2. The van der Waals surface area contributed by atoms with Crippen LogP contribution >= 0.6 is 11.6 Å². The number of aromatic nitrogens is 1. The minimum atomic E-state index is -0.145. The molecule has 0 bridgehead atoms. The summed E-state index contributed by atoms with van der Waals surface area (Å²) in [4.78, 5) is 18.5. The highest BCUT2D eigenvalue weighted by Crippen LogP contribution is 2.17. The summed E-state index contributed by atoms with van der Waals surface area (Å²) in [5.41, 5.74) is 2.87. The minimum absolute atomic E-state index is 0.145. The molecule has 0 aliphatic carbocycles. The molecule has 1 aliphatic rings. The Morgan fingerprint density at radius 1 is 1.48 bits per heavy atom. The quantitative estimate of drug-likeness (QED) is 0.436. The minimum Gasteiger partial charge on any atom is -0.352 e. The van der Waals surface area contributed by atoms with Crippen molar-refractivity contribution >= 4 is 23.3 Å². The molecule has 0 unspecified atom stereocenters. The Bertz CT molecular complexity index is 488. The van der Waals surface area contributed by atoms with Crippen molar-refractivity contribution in [2.75, 3.05) is 31.6 Å².